The Balaban J connectivity index is 1.29. The summed E-state index contributed by atoms with van der Waals surface area (Å²) in [6.45, 7) is 4.17. The van der Waals surface area contributed by atoms with Crippen LogP contribution in [0.3, 0.4) is 0 Å². The highest BCUT2D eigenvalue weighted by Crippen LogP contribution is 2.40. The Bertz CT molecular complexity index is 776. The third-order valence-electron chi connectivity index (χ3n) is 6.92. The van der Waals surface area contributed by atoms with E-state index in [0.717, 1.165) is 58.1 Å². The number of morpholine rings is 1. The number of fused-ring (bicyclic) bond motifs is 2. The van der Waals surface area contributed by atoms with Crippen LogP contribution in [0.4, 0.5) is 13.2 Å². The second-order valence-electron chi connectivity index (χ2n) is 8.96. The first kappa shape index (κ1) is 22.5. The number of rotatable bonds is 7. The van der Waals surface area contributed by atoms with Crippen LogP contribution in [-0.2, 0) is 16.0 Å². The van der Waals surface area contributed by atoms with Gasteiger partial charge < -0.3 is 15.4 Å². The normalized spacial score (nSPS) is 27.5. The number of hydrogen-bond donors (Lipinski definition) is 2. The summed E-state index contributed by atoms with van der Waals surface area (Å²) in [5, 5.41) is 3.25. The number of carbonyl (C=O) groups is 1. The van der Waals surface area contributed by atoms with E-state index in [2.05, 4.69) is 10.2 Å². The zero-order chi connectivity index (χ0) is 22.0. The van der Waals surface area contributed by atoms with Crippen molar-refractivity contribution in [2.45, 2.75) is 50.2 Å². The summed E-state index contributed by atoms with van der Waals surface area (Å²) in [5.41, 5.74) is 6.46. The monoisotopic (exact) mass is 440 g/mol. The van der Waals surface area contributed by atoms with Gasteiger partial charge in [-0.1, -0.05) is 0 Å². The Morgan fingerprint density at radius 3 is 2.42 bits per heavy atom. The van der Waals surface area contributed by atoms with Gasteiger partial charge in [-0.3, -0.25) is 15.0 Å². The van der Waals surface area contributed by atoms with Crippen molar-refractivity contribution in [3.63, 3.8) is 0 Å². The maximum absolute atomic E-state index is 14.0. The minimum absolute atomic E-state index is 0.101. The molecule has 0 spiro atoms. The van der Waals surface area contributed by atoms with Crippen LogP contribution in [0.15, 0.2) is 12.1 Å². The summed E-state index contributed by atoms with van der Waals surface area (Å²) in [4.78, 5) is 17.1. The van der Waals surface area contributed by atoms with E-state index in [1.54, 1.807) is 0 Å². The number of hydrogen-bond acceptors (Lipinski definition) is 5. The largest absolute Gasteiger partial charge is 0.379 e. The molecule has 31 heavy (non-hydrogen) atoms. The lowest BCUT2D eigenvalue weighted by atomic mass is 9.82. The van der Waals surface area contributed by atoms with E-state index in [4.69, 9.17) is 10.5 Å². The molecule has 6 nitrogen and oxygen atoms in total. The number of ether oxygens (including phenoxy) is 1. The highest BCUT2D eigenvalue weighted by molar-refractivity contribution is 5.79. The standard InChI is InChI=1S/C22H31F3N4O2/c23-18-11-20(25)19(24)9-14(18)10-21(26)15-7-16-1-2-17(8-15)29(16)22(30)12-27-13-28-3-5-31-6-4-28/h9,11,15-17,21,27H,1-8,10,12-13,26H2/t15?,16-,17+,21-/m1/s1. The highest BCUT2D eigenvalue weighted by Gasteiger charge is 2.44. The molecule has 3 fully saturated rings. The lowest BCUT2D eigenvalue weighted by molar-refractivity contribution is -0.135. The minimum Gasteiger partial charge on any atom is -0.379 e. The van der Waals surface area contributed by atoms with Crippen LogP contribution in [0.25, 0.3) is 0 Å². The molecule has 0 aromatic heterocycles. The van der Waals surface area contributed by atoms with Crippen molar-refractivity contribution in [3.8, 4) is 0 Å². The smallest absolute Gasteiger partial charge is 0.237 e. The quantitative estimate of drug-likeness (QED) is 0.631. The van der Waals surface area contributed by atoms with Crippen molar-refractivity contribution in [1.82, 2.24) is 15.1 Å². The van der Waals surface area contributed by atoms with Crippen molar-refractivity contribution in [1.29, 1.82) is 0 Å². The molecule has 0 radical (unpaired) electrons. The van der Waals surface area contributed by atoms with Crippen LogP contribution in [0.1, 0.15) is 31.2 Å². The Labute approximate surface area is 180 Å². The number of benzene rings is 1. The first-order valence-electron chi connectivity index (χ1n) is 11.1. The fourth-order valence-corrected chi connectivity index (χ4v) is 5.29. The first-order chi connectivity index (χ1) is 14.9. The fraction of sp³-hybridized carbons (Fsp3) is 0.682. The third kappa shape index (κ3) is 5.22. The molecule has 3 saturated heterocycles. The van der Waals surface area contributed by atoms with Gasteiger partial charge in [0, 0.05) is 44.0 Å². The molecule has 1 aromatic carbocycles. The Kier molecular flexibility index (Phi) is 7.15. The summed E-state index contributed by atoms with van der Waals surface area (Å²) in [5.74, 6) is -2.79. The van der Waals surface area contributed by atoms with Crippen LogP contribution < -0.4 is 11.1 Å². The molecule has 3 aliphatic rings. The fourth-order valence-electron chi connectivity index (χ4n) is 5.29. The molecule has 0 aliphatic carbocycles. The zero-order valence-corrected chi connectivity index (χ0v) is 17.7. The van der Waals surface area contributed by atoms with Crippen molar-refractivity contribution in [3.05, 3.63) is 35.1 Å². The topological polar surface area (TPSA) is 70.8 Å². The SMILES string of the molecule is N[C@H](Cc1cc(F)c(F)cc1F)C1C[C@H]2CC[C@@H](C1)N2C(=O)CNCN1CCOCC1. The van der Waals surface area contributed by atoms with Crippen LogP contribution in [0.2, 0.25) is 0 Å². The second-order valence-corrected chi connectivity index (χ2v) is 8.96. The molecule has 1 amide bonds. The third-order valence-corrected chi connectivity index (χ3v) is 6.92. The molecule has 2 bridgehead atoms. The number of carbonyl (C=O) groups excluding carboxylic acids is 1. The average Bonchev–Trinajstić information content (AvgIpc) is 3.02. The summed E-state index contributed by atoms with van der Waals surface area (Å²) < 4.78 is 46.0. The first-order valence-corrected chi connectivity index (χ1v) is 11.1. The summed E-state index contributed by atoms with van der Waals surface area (Å²) in [6.07, 6.45) is 3.57. The predicted octanol–water partition coefficient (Wildman–Crippen LogP) is 1.62. The lowest BCUT2D eigenvalue weighted by Crippen LogP contribution is -2.53. The molecule has 1 unspecified atom stereocenters. The maximum atomic E-state index is 14.0. The van der Waals surface area contributed by atoms with Crippen molar-refractivity contribution in [2.24, 2.45) is 11.7 Å². The van der Waals surface area contributed by atoms with Crippen LogP contribution in [0.5, 0.6) is 0 Å². The van der Waals surface area contributed by atoms with E-state index in [-0.39, 0.29) is 41.9 Å². The van der Waals surface area contributed by atoms with E-state index < -0.39 is 17.5 Å². The maximum Gasteiger partial charge on any atom is 0.237 e. The van der Waals surface area contributed by atoms with Gasteiger partial charge in [0.2, 0.25) is 5.91 Å². The van der Waals surface area contributed by atoms with Crippen molar-refractivity contribution in [2.75, 3.05) is 39.5 Å². The van der Waals surface area contributed by atoms with Gasteiger partial charge in [-0.05, 0) is 49.7 Å². The van der Waals surface area contributed by atoms with Gasteiger partial charge in [-0.25, -0.2) is 13.2 Å². The van der Waals surface area contributed by atoms with Gasteiger partial charge in [0.05, 0.1) is 19.8 Å². The molecule has 9 heteroatoms. The number of amides is 1. The molecule has 3 heterocycles. The number of nitrogens with zero attached hydrogens (tertiary/aromatic N) is 2. The predicted molar refractivity (Wildman–Crippen MR) is 110 cm³/mol. The van der Waals surface area contributed by atoms with Gasteiger partial charge in [-0.2, -0.15) is 0 Å². The number of nitrogens with one attached hydrogen (secondary N) is 1. The molecule has 172 valence electrons. The van der Waals surface area contributed by atoms with Gasteiger partial charge in [0.1, 0.15) is 5.82 Å². The highest BCUT2D eigenvalue weighted by atomic mass is 19.2. The number of piperidine rings is 1. The molecule has 3 N–H and O–H groups in total. The second kappa shape index (κ2) is 9.85. The van der Waals surface area contributed by atoms with Crippen LogP contribution >= 0.6 is 0 Å². The molecule has 3 aliphatic heterocycles. The van der Waals surface area contributed by atoms with Crippen LogP contribution in [-0.4, -0.2) is 73.3 Å². The molecule has 4 atom stereocenters. The van der Waals surface area contributed by atoms with Gasteiger partial charge in [0.15, 0.2) is 11.6 Å². The summed E-state index contributed by atoms with van der Waals surface area (Å²) >= 11 is 0. The van der Waals surface area contributed by atoms with Crippen molar-refractivity contribution < 1.29 is 22.7 Å². The Morgan fingerprint density at radius 1 is 1.10 bits per heavy atom. The Morgan fingerprint density at radius 2 is 1.74 bits per heavy atom. The van der Waals surface area contributed by atoms with E-state index >= 15 is 0 Å². The number of halogens is 3. The molecular formula is C22H31F3N4O2. The molecule has 0 saturated carbocycles. The number of nitrogens with two attached hydrogens (primary N) is 1. The average molecular weight is 441 g/mol. The molecule has 1 aromatic rings. The minimum atomic E-state index is -1.19. The van der Waals surface area contributed by atoms with Crippen LogP contribution in [0, 0.1) is 23.4 Å². The lowest BCUT2D eigenvalue weighted by Gasteiger charge is -2.41. The summed E-state index contributed by atoms with van der Waals surface area (Å²) in [7, 11) is 0. The van der Waals surface area contributed by atoms with E-state index in [1.807, 2.05) is 4.90 Å². The van der Waals surface area contributed by atoms with Gasteiger partial charge >= 0.3 is 0 Å². The molecule has 4 rings (SSSR count). The Hall–Kier alpha value is -1.68. The van der Waals surface area contributed by atoms with E-state index in [1.165, 1.54) is 0 Å². The molecular weight excluding hydrogens is 409 g/mol. The van der Waals surface area contributed by atoms with E-state index in [9.17, 15) is 18.0 Å². The van der Waals surface area contributed by atoms with Crippen molar-refractivity contribution >= 4 is 5.91 Å². The zero-order valence-electron chi connectivity index (χ0n) is 17.7. The summed E-state index contributed by atoms with van der Waals surface area (Å²) in [6, 6.07) is 1.40. The van der Waals surface area contributed by atoms with Gasteiger partial charge in [0.25, 0.3) is 0 Å². The van der Waals surface area contributed by atoms with Gasteiger partial charge in [-0.15, -0.1) is 0 Å². The van der Waals surface area contributed by atoms with E-state index in [0.29, 0.717) is 19.3 Å².